The minimum atomic E-state index is -0.535. The Bertz CT molecular complexity index is 1510. The van der Waals surface area contributed by atoms with E-state index in [-0.39, 0.29) is 11.6 Å². The van der Waals surface area contributed by atoms with Crippen molar-refractivity contribution in [2.45, 2.75) is 0 Å². The zero-order chi connectivity index (χ0) is 40.5. The number of nitrogen functional groups attached to an aromatic ring is 1. The van der Waals surface area contributed by atoms with Crippen LogP contribution in [-0.4, -0.2) is 179 Å². The molecule has 3 aliphatic heterocycles. The lowest BCUT2D eigenvalue weighted by Crippen LogP contribution is -2.47. The molecule has 19 nitrogen and oxygen atoms in total. The minimum Gasteiger partial charge on any atom is -0.384 e. The van der Waals surface area contributed by atoms with Gasteiger partial charge in [0.15, 0.2) is 12.4 Å². The van der Waals surface area contributed by atoms with Crippen LogP contribution in [0.4, 0.5) is 28.8 Å². The first kappa shape index (κ1) is 46.2. The van der Waals surface area contributed by atoms with Crippen LogP contribution in [-0.2, 0) is 14.2 Å². The molecule has 3 N–H and O–H groups in total. The van der Waals surface area contributed by atoms with E-state index in [4.69, 9.17) is 19.9 Å². The van der Waals surface area contributed by atoms with Gasteiger partial charge < -0.3 is 55.3 Å². The van der Waals surface area contributed by atoms with Gasteiger partial charge in [0.1, 0.15) is 5.82 Å². The number of pyridine rings is 3. The molecule has 0 aromatic carbocycles. The van der Waals surface area contributed by atoms with Gasteiger partial charge in [0.05, 0.1) is 41.9 Å². The first-order valence-electron chi connectivity index (χ1n) is 18.6. The summed E-state index contributed by atoms with van der Waals surface area (Å²) < 4.78 is 15.9. The maximum Gasteiger partial charge on any atom is 0.363 e. The number of halogens is 1. The van der Waals surface area contributed by atoms with Crippen LogP contribution in [0.2, 0.25) is 0 Å². The molecule has 20 heteroatoms. The lowest BCUT2D eigenvalue weighted by molar-refractivity contribution is -0.389. The van der Waals surface area contributed by atoms with Gasteiger partial charge in [-0.15, -0.1) is 0 Å². The fraction of sp³-hybridized carbons (Fsp3) is 0.583. The van der Waals surface area contributed by atoms with E-state index in [0.717, 1.165) is 121 Å². The summed E-state index contributed by atoms with van der Waals surface area (Å²) in [6.45, 7) is 18.0. The number of methoxy groups -OCH3 is 3. The third kappa shape index (κ3) is 17.8. The molecule has 0 aliphatic carbocycles. The maximum atomic E-state index is 10.5. The third-order valence-corrected chi connectivity index (χ3v) is 9.58. The summed E-state index contributed by atoms with van der Waals surface area (Å²) in [4.78, 5) is 42.8. The molecule has 0 saturated carbocycles. The first-order chi connectivity index (χ1) is 27.1. The van der Waals surface area contributed by atoms with Crippen molar-refractivity contribution in [3.8, 4) is 0 Å². The van der Waals surface area contributed by atoms with Crippen molar-refractivity contribution >= 4 is 44.8 Å². The second kappa shape index (κ2) is 26.7. The lowest BCUT2D eigenvalue weighted by Gasteiger charge is -2.35. The smallest absolute Gasteiger partial charge is 0.363 e. The highest BCUT2D eigenvalue weighted by Crippen LogP contribution is 2.18. The van der Waals surface area contributed by atoms with Crippen LogP contribution in [0.5, 0.6) is 0 Å². The molecule has 6 rings (SSSR count). The van der Waals surface area contributed by atoms with Crippen LogP contribution >= 0.6 is 15.9 Å². The Morgan fingerprint density at radius 3 is 1.39 bits per heavy atom. The van der Waals surface area contributed by atoms with E-state index in [9.17, 15) is 20.2 Å². The molecule has 0 amide bonds. The number of aromatic nitrogens is 3. The van der Waals surface area contributed by atoms with E-state index < -0.39 is 9.85 Å². The zero-order valence-corrected chi connectivity index (χ0v) is 34.3. The molecule has 3 aliphatic rings. The van der Waals surface area contributed by atoms with Crippen LogP contribution in [0.3, 0.4) is 0 Å². The van der Waals surface area contributed by atoms with Gasteiger partial charge in [-0.1, -0.05) is 0 Å². The molecule has 0 spiro atoms. The summed E-state index contributed by atoms with van der Waals surface area (Å²) in [7, 11) is 5.21. The van der Waals surface area contributed by atoms with Crippen molar-refractivity contribution in [3.05, 3.63) is 79.7 Å². The predicted octanol–water partition coefficient (Wildman–Crippen LogP) is 2.48. The average molecular weight is 850 g/mol. The van der Waals surface area contributed by atoms with Crippen molar-refractivity contribution in [1.82, 2.24) is 35.0 Å². The summed E-state index contributed by atoms with van der Waals surface area (Å²) >= 11 is 3.11. The highest BCUT2D eigenvalue weighted by atomic mass is 79.9. The second-order valence-electron chi connectivity index (χ2n) is 12.9. The fourth-order valence-corrected chi connectivity index (χ4v) is 6.02. The quantitative estimate of drug-likeness (QED) is 0.187. The molecule has 0 atom stereocenters. The van der Waals surface area contributed by atoms with E-state index in [1.807, 2.05) is 18.3 Å². The van der Waals surface area contributed by atoms with Crippen molar-refractivity contribution < 1.29 is 24.1 Å². The summed E-state index contributed by atoms with van der Waals surface area (Å²) in [5, 5.41) is 23.9. The number of nitrogens with two attached hydrogens (primary N) is 1. The van der Waals surface area contributed by atoms with Crippen LogP contribution in [0, 0.1) is 20.2 Å². The molecule has 0 unspecified atom stereocenters. The van der Waals surface area contributed by atoms with E-state index in [1.54, 1.807) is 39.7 Å². The number of nitrogens with zero attached hydrogens (tertiary/aromatic N) is 10. The topological polar surface area (TPSA) is 207 Å². The molecule has 0 bridgehead atoms. The normalized spacial score (nSPS) is 16.4. The molecule has 0 radical (unpaired) electrons. The Kier molecular flexibility index (Phi) is 22.0. The van der Waals surface area contributed by atoms with Crippen molar-refractivity contribution in [3.63, 3.8) is 0 Å². The number of rotatable bonds is 13. The maximum absolute atomic E-state index is 10.5. The Balaban J connectivity index is 0.000000208. The summed E-state index contributed by atoms with van der Waals surface area (Å²) in [5.41, 5.74) is 7.68. The third-order valence-electron chi connectivity index (χ3n) is 9.11. The Morgan fingerprint density at radius 1 is 0.625 bits per heavy atom. The van der Waals surface area contributed by atoms with Gasteiger partial charge in [-0.3, -0.25) is 14.7 Å². The van der Waals surface area contributed by atoms with Gasteiger partial charge in [0.2, 0.25) is 0 Å². The Hall–Kier alpha value is -4.15. The van der Waals surface area contributed by atoms with Crippen molar-refractivity contribution in [1.29, 1.82) is 0 Å². The standard InChI is InChI=1S/C12H18N4O3.C12H20N4O.C7H16N2O.C5H3BrN2O2/c1-19-9-8-14-4-6-15(7-5-14)11-2-3-12(13-10-11)16(17)18;1-17-9-8-15-4-6-16(7-5-15)11-2-3-12(13)14-10-11;1-10-7-6-9-4-2-8-3-5-9;6-4-1-2-5(7-3-4)8(9)10/h2-3,10H,4-9H2,1H3;2-3,10H,4-9H2,1H3,(H2,13,14);8H,2-7H2,1H3;1-3H. The Morgan fingerprint density at radius 2 is 1.04 bits per heavy atom. The van der Waals surface area contributed by atoms with E-state index in [2.05, 4.69) is 60.7 Å². The van der Waals surface area contributed by atoms with Gasteiger partial charge in [-0.05, 0) is 60.0 Å². The minimum absolute atomic E-state index is 0.109. The van der Waals surface area contributed by atoms with Crippen molar-refractivity contribution in [2.75, 3.05) is 155 Å². The molecule has 3 saturated heterocycles. The molecule has 6 heterocycles. The highest BCUT2D eigenvalue weighted by molar-refractivity contribution is 9.10. The van der Waals surface area contributed by atoms with Gasteiger partial charge in [-0.25, -0.2) is 4.98 Å². The predicted molar refractivity (Wildman–Crippen MR) is 220 cm³/mol. The molecule has 3 aromatic heterocycles. The fourth-order valence-electron chi connectivity index (χ4n) is 5.79. The van der Waals surface area contributed by atoms with Gasteiger partial charge in [0.25, 0.3) is 0 Å². The van der Waals surface area contributed by atoms with Gasteiger partial charge in [-0.2, -0.15) is 0 Å². The van der Waals surface area contributed by atoms with Gasteiger partial charge in [0, 0.05) is 132 Å². The Labute approximate surface area is 337 Å². The van der Waals surface area contributed by atoms with Crippen LogP contribution < -0.4 is 20.9 Å². The molecule has 56 heavy (non-hydrogen) atoms. The molecular formula is C36H57BrN12O7. The highest BCUT2D eigenvalue weighted by Gasteiger charge is 2.19. The average Bonchev–Trinajstić information content (AvgIpc) is 3.23. The monoisotopic (exact) mass is 848 g/mol. The second-order valence-corrected chi connectivity index (χ2v) is 13.8. The molecule has 310 valence electrons. The van der Waals surface area contributed by atoms with Crippen LogP contribution in [0.25, 0.3) is 0 Å². The summed E-state index contributed by atoms with van der Waals surface area (Å²) in [6.07, 6.45) is 4.81. The van der Waals surface area contributed by atoms with E-state index >= 15 is 0 Å². The van der Waals surface area contributed by atoms with E-state index in [1.165, 1.54) is 31.4 Å². The van der Waals surface area contributed by atoms with Crippen LogP contribution in [0.1, 0.15) is 0 Å². The number of piperazine rings is 3. The number of nitrogens with one attached hydrogen (secondary N) is 1. The summed E-state index contributed by atoms with van der Waals surface area (Å²) in [5.74, 6) is 0.332. The SMILES string of the molecule is COCCN1CCN(c2ccc(N)nc2)CC1.COCCN1CCN(c2ccc([N+](=O)[O-])nc2)CC1.COCCN1CCNCC1.O=[N+]([O-])c1ccc(Br)cn1. The molecule has 3 fully saturated rings. The summed E-state index contributed by atoms with van der Waals surface area (Å²) in [6, 6.07) is 10.0. The number of hydrogen-bond donors (Lipinski definition) is 2. The zero-order valence-electron chi connectivity index (χ0n) is 32.7. The number of anilines is 3. The number of nitro groups is 2. The van der Waals surface area contributed by atoms with Gasteiger partial charge >= 0.3 is 11.6 Å². The largest absolute Gasteiger partial charge is 0.384 e. The number of ether oxygens (including phenoxy) is 3. The molecule has 3 aromatic rings. The molecular weight excluding hydrogens is 792 g/mol. The lowest BCUT2D eigenvalue weighted by atomic mass is 10.2. The van der Waals surface area contributed by atoms with E-state index in [0.29, 0.717) is 5.82 Å². The van der Waals surface area contributed by atoms with Crippen molar-refractivity contribution in [2.24, 2.45) is 0 Å². The number of hydrogen-bond acceptors (Lipinski definition) is 17. The van der Waals surface area contributed by atoms with Crippen LogP contribution in [0.15, 0.2) is 59.5 Å². The first-order valence-corrected chi connectivity index (χ1v) is 19.3.